The molecule has 2 N–H and O–H groups in total. The molecule has 0 radical (unpaired) electrons. The maximum absolute atomic E-state index is 5.95. The molecule has 0 amide bonds. The number of benzene rings is 1. The molecule has 1 saturated heterocycles. The monoisotopic (exact) mass is 260 g/mol. The van der Waals surface area contributed by atoms with E-state index in [0.717, 1.165) is 32.5 Å². The zero-order valence-electron chi connectivity index (χ0n) is 11.8. The second kappa shape index (κ2) is 5.51. The van der Waals surface area contributed by atoms with E-state index in [4.69, 9.17) is 10.5 Å². The van der Waals surface area contributed by atoms with E-state index in [1.807, 2.05) is 6.92 Å². The first-order valence-corrected chi connectivity index (χ1v) is 7.49. The lowest BCUT2D eigenvalue weighted by Gasteiger charge is -2.21. The summed E-state index contributed by atoms with van der Waals surface area (Å²) in [6.45, 7) is 5.27. The van der Waals surface area contributed by atoms with Gasteiger partial charge in [0.25, 0.3) is 0 Å². The van der Waals surface area contributed by atoms with Crippen LogP contribution in [0.3, 0.4) is 0 Å². The minimum atomic E-state index is 0.131. The molecule has 0 spiro atoms. The quantitative estimate of drug-likeness (QED) is 0.904. The summed E-state index contributed by atoms with van der Waals surface area (Å²) in [6.07, 6.45) is 5.28. The van der Waals surface area contributed by atoms with E-state index in [1.165, 1.54) is 29.7 Å². The van der Waals surface area contributed by atoms with E-state index in [9.17, 15) is 0 Å². The fraction of sp³-hybridized carbons (Fsp3) is 0.625. The molecule has 2 atom stereocenters. The molecule has 3 rings (SSSR count). The Kier molecular flexibility index (Phi) is 3.76. The van der Waals surface area contributed by atoms with Crippen molar-refractivity contribution in [3.8, 4) is 0 Å². The van der Waals surface area contributed by atoms with Crippen LogP contribution in [-0.2, 0) is 11.2 Å². The SMILES string of the molecule is CC(N)c1ccc2c(c1)CCN2CCC1CCCO1. The van der Waals surface area contributed by atoms with Gasteiger partial charge in [0.1, 0.15) is 0 Å². The van der Waals surface area contributed by atoms with Gasteiger partial charge in [-0.05, 0) is 49.8 Å². The number of ether oxygens (including phenoxy) is 1. The van der Waals surface area contributed by atoms with Crippen molar-refractivity contribution in [2.75, 3.05) is 24.6 Å². The zero-order valence-corrected chi connectivity index (χ0v) is 11.8. The van der Waals surface area contributed by atoms with Crippen LogP contribution < -0.4 is 10.6 Å². The highest BCUT2D eigenvalue weighted by molar-refractivity contribution is 5.59. The highest BCUT2D eigenvalue weighted by Crippen LogP contribution is 2.30. The average molecular weight is 260 g/mol. The number of hydrogen-bond acceptors (Lipinski definition) is 3. The van der Waals surface area contributed by atoms with E-state index in [2.05, 4.69) is 23.1 Å². The van der Waals surface area contributed by atoms with Gasteiger partial charge in [-0.1, -0.05) is 12.1 Å². The Balaban J connectivity index is 1.64. The fourth-order valence-corrected chi connectivity index (χ4v) is 3.18. The molecule has 2 unspecified atom stereocenters. The first-order chi connectivity index (χ1) is 9.24. The topological polar surface area (TPSA) is 38.5 Å². The van der Waals surface area contributed by atoms with Gasteiger partial charge in [-0.2, -0.15) is 0 Å². The molecule has 3 nitrogen and oxygen atoms in total. The van der Waals surface area contributed by atoms with Crippen LogP contribution in [0.5, 0.6) is 0 Å². The van der Waals surface area contributed by atoms with Crippen molar-refractivity contribution >= 4 is 5.69 Å². The number of fused-ring (bicyclic) bond motifs is 1. The Morgan fingerprint density at radius 3 is 3.11 bits per heavy atom. The van der Waals surface area contributed by atoms with Gasteiger partial charge in [-0.3, -0.25) is 0 Å². The van der Waals surface area contributed by atoms with Crippen molar-refractivity contribution in [1.29, 1.82) is 0 Å². The Morgan fingerprint density at radius 2 is 2.37 bits per heavy atom. The molecule has 2 aliphatic rings. The summed E-state index contributed by atoms with van der Waals surface area (Å²) in [5.74, 6) is 0. The summed E-state index contributed by atoms with van der Waals surface area (Å²) in [5.41, 5.74) is 10.1. The van der Waals surface area contributed by atoms with Crippen LogP contribution in [0.25, 0.3) is 0 Å². The van der Waals surface area contributed by atoms with Gasteiger partial charge in [0.15, 0.2) is 0 Å². The standard InChI is InChI=1S/C16H24N2O/c1-12(17)13-4-5-16-14(11-13)6-8-18(16)9-7-15-3-2-10-19-15/h4-5,11-12,15H,2-3,6-10,17H2,1H3. The molecule has 0 aliphatic carbocycles. The predicted molar refractivity (Wildman–Crippen MR) is 78.6 cm³/mol. The van der Waals surface area contributed by atoms with E-state index >= 15 is 0 Å². The van der Waals surface area contributed by atoms with E-state index in [-0.39, 0.29) is 6.04 Å². The Hall–Kier alpha value is -1.06. The van der Waals surface area contributed by atoms with Crippen molar-refractivity contribution in [2.45, 2.75) is 44.8 Å². The normalized spacial score (nSPS) is 23.7. The summed E-state index contributed by atoms with van der Waals surface area (Å²) >= 11 is 0. The van der Waals surface area contributed by atoms with Crippen LogP contribution in [0.4, 0.5) is 5.69 Å². The second-order valence-electron chi connectivity index (χ2n) is 5.84. The van der Waals surface area contributed by atoms with Crippen LogP contribution in [0.1, 0.15) is 43.4 Å². The molecular weight excluding hydrogens is 236 g/mol. The molecule has 1 aromatic rings. The van der Waals surface area contributed by atoms with Crippen LogP contribution in [0.2, 0.25) is 0 Å². The summed E-state index contributed by atoms with van der Waals surface area (Å²) in [6, 6.07) is 6.84. The van der Waals surface area contributed by atoms with Gasteiger partial charge in [0.2, 0.25) is 0 Å². The molecule has 0 bridgehead atoms. The molecule has 1 aromatic carbocycles. The van der Waals surface area contributed by atoms with Gasteiger partial charge in [-0.25, -0.2) is 0 Å². The largest absolute Gasteiger partial charge is 0.378 e. The van der Waals surface area contributed by atoms with Crippen molar-refractivity contribution in [2.24, 2.45) is 5.73 Å². The van der Waals surface area contributed by atoms with Crippen molar-refractivity contribution in [3.05, 3.63) is 29.3 Å². The molecule has 104 valence electrons. The van der Waals surface area contributed by atoms with Gasteiger partial charge in [0.05, 0.1) is 6.10 Å². The molecular formula is C16H24N2O. The molecule has 0 saturated carbocycles. The summed E-state index contributed by atoms with van der Waals surface area (Å²) in [5, 5.41) is 0. The lowest BCUT2D eigenvalue weighted by Crippen LogP contribution is -2.25. The molecule has 2 aliphatic heterocycles. The second-order valence-corrected chi connectivity index (χ2v) is 5.84. The van der Waals surface area contributed by atoms with Gasteiger partial charge < -0.3 is 15.4 Å². The Bertz CT molecular complexity index is 438. The highest BCUT2D eigenvalue weighted by atomic mass is 16.5. The van der Waals surface area contributed by atoms with Crippen LogP contribution in [0, 0.1) is 0 Å². The Labute approximate surface area is 115 Å². The van der Waals surface area contributed by atoms with Crippen molar-refractivity contribution < 1.29 is 4.74 Å². The van der Waals surface area contributed by atoms with E-state index in [0.29, 0.717) is 6.10 Å². The maximum atomic E-state index is 5.95. The number of rotatable bonds is 4. The van der Waals surface area contributed by atoms with Gasteiger partial charge in [-0.15, -0.1) is 0 Å². The predicted octanol–water partition coefficient (Wildman–Crippen LogP) is 2.64. The lowest BCUT2D eigenvalue weighted by molar-refractivity contribution is 0.106. The third-order valence-electron chi connectivity index (χ3n) is 4.37. The summed E-state index contributed by atoms with van der Waals surface area (Å²) < 4.78 is 5.71. The number of nitrogens with zero attached hydrogens (tertiary/aromatic N) is 1. The highest BCUT2D eigenvalue weighted by Gasteiger charge is 2.22. The maximum Gasteiger partial charge on any atom is 0.0592 e. The molecule has 3 heteroatoms. The fourth-order valence-electron chi connectivity index (χ4n) is 3.18. The minimum absolute atomic E-state index is 0.131. The van der Waals surface area contributed by atoms with Crippen molar-refractivity contribution in [3.63, 3.8) is 0 Å². The van der Waals surface area contributed by atoms with E-state index < -0.39 is 0 Å². The summed E-state index contributed by atoms with van der Waals surface area (Å²) in [7, 11) is 0. The average Bonchev–Trinajstić information content (AvgIpc) is 3.05. The molecule has 2 heterocycles. The van der Waals surface area contributed by atoms with E-state index in [1.54, 1.807) is 0 Å². The van der Waals surface area contributed by atoms with Crippen LogP contribution >= 0.6 is 0 Å². The van der Waals surface area contributed by atoms with Gasteiger partial charge in [0, 0.05) is 31.4 Å². The smallest absolute Gasteiger partial charge is 0.0592 e. The molecule has 0 aromatic heterocycles. The van der Waals surface area contributed by atoms with Gasteiger partial charge >= 0.3 is 0 Å². The first kappa shape index (κ1) is 12.9. The molecule has 19 heavy (non-hydrogen) atoms. The van der Waals surface area contributed by atoms with Crippen LogP contribution in [-0.4, -0.2) is 25.8 Å². The minimum Gasteiger partial charge on any atom is -0.378 e. The third-order valence-corrected chi connectivity index (χ3v) is 4.37. The lowest BCUT2D eigenvalue weighted by atomic mass is 10.0. The zero-order chi connectivity index (χ0) is 13.2. The molecule has 1 fully saturated rings. The van der Waals surface area contributed by atoms with Crippen LogP contribution in [0.15, 0.2) is 18.2 Å². The number of anilines is 1. The summed E-state index contributed by atoms with van der Waals surface area (Å²) in [4.78, 5) is 2.50. The van der Waals surface area contributed by atoms with Crippen molar-refractivity contribution in [1.82, 2.24) is 0 Å². The number of nitrogens with two attached hydrogens (primary N) is 1. The first-order valence-electron chi connectivity index (χ1n) is 7.49. The Morgan fingerprint density at radius 1 is 1.47 bits per heavy atom. The third kappa shape index (κ3) is 2.77. The number of hydrogen-bond donors (Lipinski definition) is 1.